The largest absolute Gasteiger partial charge is 0.473 e. The lowest BCUT2D eigenvalue weighted by Crippen LogP contribution is -2.40. The predicted molar refractivity (Wildman–Crippen MR) is 68.8 cm³/mol. The Kier molecular flexibility index (Phi) is 4.33. The first-order valence-corrected chi connectivity index (χ1v) is 6.14. The van der Waals surface area contributed by atoms with E-state index in [0.29, 0.717) is 4.90 Å². The van der Waals surface area contributed by atoms with Crippen LogP contribution >= 0.6 is 0 Å². The first kappa shape index (κ1) is 16.5. The molecular weight excluding hydrogens is 323 g/mol. The van der Waals surface area contributed by atoms with Gasteiger partial charge >= 0.3 is 17.9 Å². The van der Waals surface area contributed by atoms with Crippen LogP contribution < -0.4 is 4.74 Å². The number of imidazole rings is 1. The molecule has 0 aromatic carbocycles. The van der Waals surface area contributed by atoms with E-state index in [-0.39, 0.29) is 30.5 Å². The number of aromatic nitrogens is 3. The van der Waals surface area contributed by atoms with Crippen molar-refractivity contribution in [1.82, 2.24) is 19.5 Å². The number of amides is 1. The Morgan fingerprint density at radius 2 is 2.17 bits per heavy atom. The standard InChI is InChI=1S/C11H10F3N5O4/c1-17(10(20)11(12,13)14)4-5-23-8-3-2-7-15-6-9(19(21)22)18(7)16-8/h2-3,6H,4-5H2,1H3. The maximum absolute atomic E-state index is 12.2. The highest BCUT2D eigenvalue weighted by Gasteiger charge is 2.41. The summed E-state index contributed by atoms with van der Waals surface area (Å²) in [6, 6.07) is 2.76. The Morgan fingerprint density at radius 1 is 1.48 bits per heavy atom. The van der Waals surface area contributed by atoms with Crippen LogP contribution in [0.1, 0.15) is 0 Å². The molecule has 0 aliphatic rings. The van der Waals surface area contributed by atoms with E-state index in [4.69, 9.17) is 4.74 Å². The van der Waals surface area contributed by atoms with Crippen LogP contribution in [0.15, 0.2) is 18.3 Å². The van der Waals surface area contributed by atoms with E-state index >= 15 is 0 Å². The van der Waals surface area contributed by atoms with Gasteiger partial charge in [0.15, 0.2) is 0 Å². The molecule has 0 N–H and O–H groups in total. The Bertz CT molecular complexity index is 745. The number of carbonyl (C=O) groups is 1. The zero-order valence-corrected chi connectivity index (χ0v) is 11.6. The molecule has 0 bridgehead atoms. The molecule has 0 atom stereocenters. The summed E-state index contributed by atoms with van der Waals surface area (Å²) in [5.74, 6) is -2.42. The van der Waals surface area contributed by atoms with Crippen LogP contribution in [0.25, 0.3) is 5.65 Å². The molecule has 0 radical (unpaired) electrons. The summed E-state index contributed by atoms with van der Waals surface area (Å²) < 4.78 is 42.6. The molecule has 0 aliphatic carbocycles. The topological polar surface area (TPSA) is 103 Å². The fraction of sp³-hybridized carbons (Fsp3) is 0.364. The number of alkyl halides is 3. The lowest BCUT2D eigenvalue weighted by Gasteiger charge is -2.18. The van der Waals surface area contributed by atoms with Crippen molar-refractivity contribution in [1.29, 1.82) is 0 Å². The molecule has 0 saturated heterocycles. The lowest BCUT2D eigenvalue weighted by molar-refractivity contribution is -0.391. The molecule has 2 heterocycles. The van der Waals surface area contributed by atoms with Gasteiger partial charge in [0.2, 0.25) is 5.65 Å². The van der Waals surface area contributed by atoms with Crippen molar-refractivity contribution in [2.75, 3.05) is 20.2 Å². The van der Waals surface area contributed by atoms with Gasteiger partial charge in [-0.25, -0.2) is 4.98 Å². The highest BCUT2D eigenvalue weighted by molar-refractivity contribution is 5.81. The van der Waals surface area contributed by atoms with E-state index in [9.17, 15) is 28.1 Å². The predicted octanol–water partition coefficient (Wildman–Crippen LogP) is 1.04. The zero-order chi connectivity index (χ0) is 17.2. The van der Waals surface area contributed by atoms with Crippen molar-refractivity contribution in [2.24, 2.45) is 0 Å². The normalized spacial score (nSPS) is 11.5. The van der Waals surface area contributed by atoms with Crippen LogP contribution in [0.3, 0.4) is 0 Å². The highest BCUT2D eigenvalue weighted by Crippen LogP contribution is 2.18. The van der Waals surface area contributed by atoms with Crippen molar-refractivity contribution in [3.63, 3.8) is 0 Å². The van der Waals surface area contributed by atoms with Gasteiger partial charge in [-0.2, -0.15) is 13.2 Å². The molecule has 0 spiro atoms. The molecule has 9 nitrogen and oxygen atoms in total. The number of nitrogens with zero attached hydrogens (tertiary/aromatic N) is 5. The number of carbonyl (C=O) groups excluding carboxylic acids is 1. The highest BCUT2D eigenvalue weighted by atomic mass is 19.4. The van der Waals surface area contributed by atoms with Crippen LogP contribution in [0, 0.1) is 10.1 Å². The summed E-state index contributed by atoms with van der Waals surface area (Å²) in [6.07, 6.45) is -3.94. The second-order valence-electron chi connectivity index (χ2n) is 4.39. The minimum absolute atomic E-state index is 0.0496. The molecule has 0 unspecified atom stereocenters. The summed E-state index contributed by atoms with van der Waals surface area (Å²) in [5, 5.41) is 14.6. The van der Waals surface area contributed by atoms with Crippen molar-refractivity contribution >= 4 is 17.4 Å². The number of likely N-dealkylation sites (N-methyl/N-ethyl adjacent to an activating group) is 1. The van der Waals surface area contributed by atoms with Crippen LogP contribution in [0.2, 0.25) is 0 Å². The second-order valence-corrected chi connectivity index (χ2v) is 4.39. The van der Waals surface area contributed by atoms with Crippen molar-refractivity contribution in [3.8, 4) is 5.88 Å². The summed E-state index contributed by atoms with van der Waals surface area (Å²) in [4.78, 5) is 25.2. The van der Waals surface area contributed by atoms with Crippen LogP contribution in [-0.4, -0.2) is 56.7 Å². The van der Waals surface area contributed by atoms with E-state index in [2.05, 4.69) is 10.1 Å². The van der Waals surface area contributed by atoms with Gasteiger partial charge in [0.25, 0.3) is 5.88 Å². The van der Waals surface area contributed by atoms with Gasteiger partial charge in [0.1, 0.15) is 12.8 Å². The van der Waals surface area contributed by atoms with Gasteiger partial charge in [-0.3, -0.25) is 4.79 Å². The van der Waals surface area contributed by atoms with Gasteiger partial charge in [0.05, 0.1) is 6.54 Å². The molecule has 0 saturated carbocycles. The molecule has 1 amide bonds. The van der Waals surface area contributed by atoms with E-state index in [1.54, 1.807) is 0 Å². The van der Waals surface area contributed by atoms with E-state index in [1.165, 1.54) is 12.1 Å². The molecule has 0 fully saturated rings. The molecule has 12 heteroatoms. The molecule has 0 aliphatic heterocycles. The number of hydrogen-bond acceptors (Lipinski definition) is 6. The summed E-state index contributed by atoms with van der Waals surface area (Å²) in [5.41, 5.74) is 0.216. The lowest BCUT2D eigenvalue weighted by atomic mass is 10.5. The SMILES string of the molecule is CN(CCOc1ccc2ncc([N+](=O)[O-])n2n1)C(=O)C(F)(F)F. The quantitative estimate of drug-likeness (QED) is 0.598. The first-order valence-electron chi connectivity index (χ1n) is 6.14. The fourth-order valence-corrected chi connectivity index (χ4v) is 1.65. The Morgan fingerprint density at radius 3 is 2.78 bits per heavy atom. The molecule has 2 aromatic heterocycles. The van der Waals surface area contributed by atoms with Gasteiger partial charge in [-0.1, -0.05) is 4.52 Å². The minimum atomic E-state index is -4.96. The number of nitro groups is 1. The maximum atomic E-state index is 12.2. The van der Waals surface area contributed by atoms with Crippen LogP contribution in [0.5, 0.6) is 5.88 Å². The zero-order valence-electron chi connectivity index (χ0n) is 11.6. The Labute approximate surface area is 126 Å². The van der Waals surface area contributed by atoms with Gasteiger partial charge in [-0.05, 0) is 10.0 Å². The molecule has 2 aromatic rings. The summed E-state index contributed by atoms with van der Waals surface area (Å²) >= 11 is 0. The average Bonchev–Trinajstić information content (AvgIpc) is 2.88. The van der Waals surface area contributed by atoms with Gasteiger partial charge in [-0.15, -0.1) is 0 Å². The molecule has 2 rings (SSSR count). The minimum Gasteiger partial charge on any atom is -0.473 e. The van der Waals surface area contributed by atoms with Crippen molar-refractivity contribution < 1.29 is 27.6 Å². The molecular formula is C11H10F3N5O4. The Balaban J connectivity index is 2.01. The van der Waals surface area contributed by atoms with E-state index in [0.717, 1.165) is 17.8 Å². The number of rotatable bonds is 5. The number of fused-ring (bicyclic) bond motifs is 1. The number of ether oxygens (including phenoxy) is 1. The third kappa shape index (κ3) is 3.64. The third-order valence-electron chi connectivity index (χ3n) is 2.77. The molecule has 124 valence electrons. The van der Waals surface area contributed by atoms with Gasteiger partial charge < -0.3 is 19.8 Å². The summed E-state index contributed by atoms with van der Waals surface area (Å²) in [6.45, 7) is -0.594. The summed E-state index contributed by atoms with van der Waals surface area (Å²) in [7, 11) is 0.983. The first-order chi connectivity index (χ1) is 10.7. The average molecular weight is 333 g/mol. The Hall–Kier alpha value is -2.92. The van der Waals surface area contributed by atoms with Crippen molar-refractivity contribution in [2.45, 2.75) is 6.18 Å². The third-order valence-corrected chi connectivity index (χ3v) is 2.77. The van der Waals surface area contributed by atoms with Crippen molar-refractivity contribution in [3.05, 3.63) is 28.4 Å². The monoisotopic (exact) mass is 333 g/mol. The van der Waals surface area contributed by atoms with Crippen LogP contribution in [0.4, 0.5) is 19.0 Å². The van der Waals surface area contributed by atoms with Crippen LogP contribution in [-0.2, 0) is 4.79 Å². The number of halogens is 3. The van der Waals surface area contributed by atoms with E-state index < -0.39 is 17.0 Å². The second kappa shape index (κ2) is 6.06. The molecule has 23 heavy (non-hydrogen) atoms. The smallest absolute Gasteiger partial charge is 0.471 e. The van der Waals surface area contributed by atoms with Gasteiger partial charge in [0, 0.05) is 19.2 Å². The van der Waals surface area contributed by atoms with E-state index in [1.807, 2.05) is 0 Å². The maximum Gasteiger partial charge on any atom is 0.471 e. The fourth-order valence-electron chi connectivity index (χ4n) is 1.65. The number of hydrogen-bond donors (Lipinski definition) is 0.